The zero-order valence-corrected chi connectivity index (χ0v) is 20.0. The quantitative estimate of drug-likeness (QED) is 0.401. The molecule has 0 bridgehead atoms. The lowest BCUT2D eigenvalue weighted by molar-refractivity contribution is -0.139. The number of hydrogen-bond donors (Lipinski definition) is 4. The number of hydrogen-bond acceptors (Lipinski definition) is 6. The van der Waals surface area contributed by atoms with Gasteiger partial charge in [0, 0.05) is 18.7 Å². The van der Waals surface area contributed by atoms with E-state index >= 15 is 0 Å². The normalized spacial score (nSPS) is 11.6. The minimum Gasteiger partial charge on any atom is -0.480 e. The van der Waals surface area contributed by atoms with Crippen LogP contribution in [0.1, 0.15) is 44.7 Å². The van der Waals surface area contributed by atoms with Gasteiger partial charge in [0.1, 0.15) is 18.2 Å². The molecule has 3 amide bonds. The standard InChI is InChI=1S/C25H31N3O7/c1-25(2,3)35-23(32)26-15-18-11-7-8-12-19(18)27-21(29)14-13-20(22(30)31)28-24(33)34-16-17-9-5-4-6-10-17/h4-12,20H,13-16H2,1-3H3,(H,26,32)(H,27,29)(H,28,33)(H,30,31)/t20-/m0/s1. The number of alkyl carbamates (subject to hydrolysis) is 2. The average Bonchev–Trinajstić information content (AvgIpc) is 2.79. The number of aliphatic carboxylic acids is 1. The molecule has 35 heavy (non-hydrogen) atoms. The van der Waals surface area contributed by atoms with Crippen LogP contribution >= 0.6 is 0 Å². The molecule has 0 radical (unpaired) electrons. The molecule has 10 nitrogen and oxygen atoms in total. The SMILES string of the molecule is CC(C)(C)OC(=O)NCc1ccccc1NC(=O)CC[C@H](NC(=O)OCc1ccccc1)C(=O)O. The number of benzene rings is 2. The summed E-state index contributed by atoms with van der Waals surface area (Å²) in [4.78, 5) is 47.9. The molecule has 10 heteroatoms. The Balaban J connectivity index is 1.85. The molecule has 0 saturated carbocycles. The van der Waals surface area contributed by atoms with Crippen LogP contribution in [0.3, 0.4) is 0 Å². The first kappa shape index (κ1) is 27.2. The van der Waals surface area contributed by atoms with Gasteiger partial charge in [-0.25, -0.2) is 14.4 Å². The predicted molar refractivity (Wildman–Crippen MR) is 129 cm³/mol. The third-order valence-corrected chi connectivity index (χ3v) is 4.58. The van der Waals surface area contributed by atoms with Gasteiger partial charge in [-0.3, -0.25) is 4.79 Å². The van der Waals surface area contributed by atoms with Crippen molar-refractivity contribution >= 4 is 29.8 Å². The molecule has 2 aromatic rings. The summed E-state index contributed by atoms with van der Waals surface area (Å²) >= 11 is 0. The number of carboxylic acid groups (broad SMARTS) is 1. The fourth-order valence-corrected chi connectivity index (χ4v) is 2.93. The van der Waals surface area contributed by atoms with Crippen molar-refractivity contribution in [2.75, 3.05) is 5.32 Å². The van der Waals surface area contributed by atoms with Crippen LogP contribution in [-0.4, -0.2) is 40.8 Å². The van der Waals surface area contributed by atoms with Crippen LogP contribution in [0, 0.1) is 0 Å². The summed E-state index contributed by atoms with van der Waals surface area (Å²) in [7, 11) is 0. The van der Waals surface area contributed by atoms with Gasteiger partial charge in [0.25, 0.3) is 0 Å². The van der Waals surface area contributed by atoms with Crippen molar-refractivity contribution in [2.45, 2.75) is 58.4 Å². The zero-order valence-electron chi connectivity index (χ0n) is 20.0. The second-order valence-electron chi connectivity index (χ2n) is 8.70. The molecule has 1 atom stereocenters. The van der Waals surface area contributed by atoms with Gasteiger partial charge in [0.05, 0.1) is 0 Å². The molecular formula is C25H31N3O7. The third kappa shape index (κ3) is 10.6. The summed E-state index contributed by atoms with van der Waals surface area (Å²) in [6, 6.07) is 14.5. The van der Waals surface area contributed by atoms with E-state index in [1.54, 1.807) is 69.3 Å². The number of rotatable bonds is 10. The van der Waals surface area contributed by atoms with E-state index in [1.807, 2.05) is 6.07 Å². The highest BCUT2D eigenvalue weighted by Gasteiger charge is 2.22. The molecule has 0 spiro atoms. The molecule has 4 N–H and O–H groups in total. The van der Waals surface area contributed by atoms with Crippen LogP contribution in [0.4, 0.5) is 15.3 Å². The van der Waals surface area contributed by atoms with Crippen molar-refractivity contribution in [3.8, 4) is 0 Å². The van der Waals surface area contributed by atoms with Crippen LogP contribution in [-0.2, 0) is 32.2 Å². The average molecular weight is 486 g/mol. The molecule has 0 aliphatic heterocycles. The monoisotopic (exact) mass is 485 g/mol. The second-order valence-corrected chi connectivity index (χ2v) is 8.70. The maximum atomic E-state index is 12.5. The molecule has 0 aliphatic rings. The van der Waals surface area contributed by atoms with Crippen molar-refractivity contribution in [3.05, 3.63) is 65.7 Å². The van der Waals surface area contributed by atoms with Crippen molar-refractivity contribution in [2.24, 2.45) is 0 Å². The van der Waals surface area contributed by atoms with E-state index in [9.17, 15) is 24.3 Å². The maximum absolute atomic E-state index is 12.5. The Labute approximate surface area is 204 Å². The molecule has 2 aromatic carbocycles. The summed E-state index contributed by atoms with van der Waals surface area (Å²) in [6.07, 6.45) is -1.78. The lowest BCUT2D eigenvalue weighted by Crippen LogP contribution is -2.41. The van der Waals surface area contributed by atoms with E-state index in [-0.39, 0.29) is 26.0 Å². The maximum Gasteiger partial charge on any atom is 0.408 e. The molecule has 188 valence electrons. The Morgan fingerprint density at radius 3 is 2.26 bits per heavy atom. The topological polar surface area (TPSA) is 143 Å². The van der Waals surface area contributed by atoms with Crippen molar-refractivity contribution in [1.82, 2.24) is 10.6 Å². The summed E-state index contributed by atoms with van der Waals surface area (Å²) in [6.45, 7) is 5.38. The minimum atomic E-state index is -1.30. The molecular weight excluding hydrogens is 454 g/mol. The van der Waals surface area contributed by atoms with Gasteiger partial charge in [-0.1, -0.05) is 48.5 Å². The molecule has 0 aliphatic carbocycles. The zero-order chi connectivity index (χ0) is 25.8. The van der Waals surface area contributed by atoms with E-state index < -0.39 is 35.7 Å². The fourth-order valence-electron chi connectivity index (χ4n) is 2.93. The van der Waals surface area contributed by atoms with Gasteiger partial charge in [0.15, 0.2) is 0 Å². The molecule has 0 fully saturated rings. The smallest absolute Gasteiger partial charge is 0.408 e. The largest absolute Gasteiger partial charge is 0.480 e. The lowest BCUT2D eigenvalue weighted by Gasteiger charge is -2.20. The van der Waals surface area contributed by atoms with Crippen molar-refractivity contribution in [1.29, 1.82) is 0 Å². The minimum absolute atomic E-state index is 0.00634. The summed E-state index contributed by atoms with van der Waals surface area (Å²) in [5, 5.41) is 17.0. The molecule has 0 saturated heterocycles. The van der Waals surface area contributed by atoms with Crippen LogP contribution in [0.2, 0.25) is 0 Å². The number of carboxylic acids is 1. The number of para-hydroxylation sites is 1. The number of nitrogens with one attached hydrogen (secondary N) is 3. The highest BCUT2D eigenvalue weighted by atomic mass is 16.6. The highest BCUT2D eigenvalue weighted by Crippen LogP contribution is 2.16. The number of anilines is 1. The Bertz CT molecular complexity index is 1020. The van der Waals surface area contributed by atoms with Crippen LogP contribution in [0.15, 0.2) is 54.6 Å². The summed E-state index contributed by atoms with van der Waals surface area (Å²) < 4.78 is 10.2. The van der Waals surface area contributed by atoms with Gasteiger partial charge in [-0.15, -0.1) is 0 Å². The van der Waals surface area contributed by atoms with Crippen LogP contribution in [0.5, 0.6) is 0 Å². The third-order valence-electron chi connectivity index (χ3n) is 4.58. The molecule has 0 heterocycles. The first-order valence-electron chi connectivity index (χ1n) is 11.1. The second kappa shape index (κ2) is 13.0. The van der Waals surface area contributed by atoms with Crippen molar-refractivity contribution < 1.29 is 33.8 Å². The van der Waals surface area contributed by atoms with Gasteiger partial charge in [-0.2, -0.15) is 0 Å². The number of carbonyl (C=O) groups is 4. The Kier molecular flexibility index (Phi) is 10.1. The van der Waals surface area contributed by atoms with Gasteiger partial charge in [0.2, 0.25) is 5.91 Å². The first-order chi connectivity index (χ1) is 16.5. The highest BCUT2D eigenvalue weighted by molar-refractivity contribution is 5.92. The van der Waals surface area contributed by atoms with Crippen molar-refractivity contribution in [3.63, 3.8) is 0 Å². The predicted octanol–water partition coefficient (Wildman–Crippen LogP) is 3.81. The van der Waals surface area contributed by atoms with Gasteiger partial charge >= 0.3 is 18.2 Å². The molecule has 0 unspecified atom stereocenters. The molecule has 0 aromatic heterocycles. The van der Waals surface area contributed by atoms with E-state index in [0.29, 0.717) is 11.3 Å². The van der Waals surface area contributed by atoms with Gasteiger partial charge < -0.3 is 30.5 Å². The number of carbonyl (C=O) groups excluding carboxylic acids is 3. The van der Waals surface area contributed by atoms with E-state index in [1.165, 1.54) is 0 Å². The summed E-state index contributed by atoms with van der Waals surface area (Å²) in [5.74, 6) is -1.73. The summed E-state index contributed by atoms with van der Waals surface area (Å²) in [5.41, 5.74) is 1.23. The first-order valence-corrected chi connectivity index (χ1v) is 11.1. The van der Waals surface area contributed by atoms with E-state index in [2.05, 4.69) is 16.0 Å². The van der Waals surface area contributed by atoms with Gasteiger partial charge in [-0.05, 0) is 44.4 Å². The van der Waals surface area contributed by atoms with Crippen LogP contribution in [0.25, 0.3) is 0 Å². The lowest BCUT2D eigenvalue weighted by atomic mass is 10.1. The van der Waals surface area contributed by atoms with E-state index in [0.717, 1.165) is 5.56 Å². The fraction of sp³-hybridized carbons (Fsp3) is 0.360. The van der Waals surface area contributed by atoms with Crippen LogP contribution < -0.4 is 16.0 Å². The Morgan fingerprint density at radius 2 is 1.60 bits per heavy atom. The molecule has 2 rings (SSSR count). The van der Waals surface area contributed by atoms with E-state index in [4.69, 9.17) is 9.47 Å². The Hall–Kier alpha value is -4.08. The Morgan fingerprint density at radius 1 is 0.943 bits per heavy atom. The number of ether oxygens (including phenoxy) is 2. The number of amides is 3.